The minimum Gasteiger partial charge on any atom is -0.491 e. The van der Waals surface area contributed by atoms with Crippen molar-refractivity contribution in [1.29, 1.82) is 0 Å². The van der Waals surface area contributed by atoms with Gasteiger partial charge in [-0.15, -0.1) is 19.7 Å². The molecule has 0 saturated heterocycles. The number of aliphatic hydroxyl groups is 2. The van der Waals surface area contributed by atoms with Crippen molar-refractivity contribution in [2.24, 2.45) is 0 Å². The number of hydrogen-bond acceptors (Lipinski definition) is 19. The van der Waals surface area contributed by atoms with Gasteiger partial charge in [-0.1, -0.05) is 24.8 Å². The zero-order chi connectivity index (χ0) is 73.4. The number of Topliss-reactive ketones (excluding diaryl/α,β-unsaturated/α-hetero) is 4. The third kappa shape index (κ3) is 39.2. The minimum atomic E-state index is -3.03. The molecule has 0 saturated carbocycles. The highest BCUT2D eigenvalue weighted by atomic mass is 28.5. The Balaban J connectivity index is 0.000000656. The second-order valence-electron chi connectivity index (χ2n) is 27.8. The lowest BCUT2D eigenvalue weighted by Crippen LogP contribution is -2.59. The van der Waals surface area contributed by atoms with Crippen molar-refractivity contribution in [1.82, 2.24) is 0 Å². The first kappa shape index (κ1) is 88.6. The summed E-state index contributed by atoms with van der Waals surface area (Å²) in [7, 11) is -13.3. The first-order valence-electron chi connectivity index (χ1n) is 32.1. The Bertz CT molecular complexity index is 2970. The molecule has 0 bridgehead atoms. The van der Waals surface area contributed by atoms with E-state index in [2.05, 4.69) is 105 Å². The number of hydrogen-bond donors (Lipinski definition) is 2. The number of benzene rings is 4. The third-order valence-corrected chi connectivity index (χ3v) is 29.2. The summed E-state index contributed by atoms with van der Waals surface area (Å²) in [5.74, 6) is 1.90. The highest BCUT2D eigenvalue weighted by molar-refractivity contribution is 6.86. The zero-order valence-corrected chi connectivity index (χ0v) is 67.4. The fourth-order valence-corrected chi connectivity index (χ4v) is 29.7. The number of rotatable bonds is 41. The monoisotopic (exact) mass is 1440 g/mol. The largest absolute Gasteiger partial charge is 0.491 e. The molecule has 0 aliphatic rings. The van der Waals surface area contributed by atoms with Crippen LogP contribution in [0.25, 0.3) is 0 Å². The van der Waals surface area contributed by atoms with E-state index in [4.69, 9.17) is 58.5 Å². The highest BCUT2D eigenvalue weighted by Gasteiger charge is 2.49. The smallest absolute Gasteiger partial charge is 0.477 e. The van der Waals surface area contributed by atoms with Crippen LogP contribution in [0, 0.1) is 0 Å². The van der Waals surface area contributed by atoms with Gasteiger partial charge in [-0.2, -0.15) is 0 Å². The predicted molar refractivity (Wildman–Crippen MR) is 398 cm³/mol. The van der Waals surface area contributed by atoms with E-state index in [9.17, 15) is 29.4 Å². The van der Waals surface area contributed by atoms with Crippen LogP contribution in [0.3, 0.4) is 0 Å². The molecule has 0 unspecified atom stereocenters. The minimum absolute atomic E-state index is 0.0455. The van der Waals surface area contributed by atoms with Crippen molar-refractivity contribution in [3.05, 3.63) is 169 Å². The quantitative estimate of drug-likeness (QED) is 0.0138. The Morgan fingerprint density at radius 3 is 0.885 bits per heavy atom. The molecule has 4 aromatic carbocycles. The van der Waals surface area contributed by atoms with Crippen LogP contribution in [0.5, 0.6) is 23.0 Å². The molecule has 4 aromatic rings. The lowest BCUT2D eigenvalue weighted by molar-refractivity contribution is 0.0313. The zero-order valence-electron chi connectivity index (χ0n) is 61.4. The van der Waals surface area contributed by atoms with Crippen LogP contribution in [0.15, 0.2) is 147 Å². The first-order valence-corrected chi connectivity index (χ1v) is 50.2. The first-order chi connectivity index (χ1) is 44.2. The van der Waals surface area contributed by atoms with Crippen molar-refractivity contribution < 1.29 is 87.9 Å². The number of allylic oxidation sites excluding steroid dienone is 1. The van der Waals surface area contributed by atoms with Crippen molar-refractivity contribution in [3.8, 4) is 23.0 Å². The van der Waals surface area contributed by atoms with Gasteiger partial charge in [0, 0.05) is 35.3 Å². The second kappa shape index (κ2) is 41.2. The summed E-state index contributed by atoms with van der Waals surface area (Å²) < 4.78 is 75.7. The Morgan fingerprint density at radius 1 is 0.385 bits per heavy atom. The Kier molecular flexibility index (Phi) is 38.0. The Morgan fingerprint density at radius 2 is 0.635 bits per heavy atom. The number of ketones is 4. The second-order valence-corrected chi connectivity index (χ2v) is 51.9. The molecular formula is C71H114O19Si6. The molecule has 0 atom stereocenters. The average molecular weight is 1440 g/mol. The lowest BCUT2D eigenvalue weighted by atomic mass is 9.97. The molecule has 25 heteroatoms. The summed E-state index contributed by atoms with van der Waals surface area (Å²) in [6, 6.07) is 27.5. The molecule has 4 rings (SSSR count). The van der Waals surface area contributed by atoms with Gasteiger partial charge in [0.1, 0.15) is 66.2 Å². The molecule has 0 aromatic heterocycles. The topological polar surface area (TPSA) is 229 Å². The SMILES string of the molecule is C=CCOCCOc1ccc(C(=O)C(=C)C)cc1.C=CCOCCOc1ccc(C(=O)C(C)(C)O)cc1.C=CCOCCOc1ccc(C(=O)C(C)(C)O[Si](C)(O[Si](C)(C)C)O[Si](C)(C)C)cc1.CC(C)(O)C(=O)c1ccc(OCCO[Si](C)(O[Si](C)(C)C)O[Si](C)(C)C)cc1. The summed E-state index contributed by atoms with van der Waals surface area (Å²) >= 11 is 0. The highest BCUT2D eigenvalue weighted by Crippen LogP contribution is 2.30. The number of carbonyl (C=O) groups excluding carboxylic acids is 4. The van der Waals surface area contributed by atoms with Gasteiger partial charge < -0.3 is 68.7 Å². The van der Waals surface area contributed by atoms with Crippen LogP contribution < -0.4 is 18.9 Å². The molecule has 536 valence electrons. The fraction of sp³-hybridized carbons (Fsp3) is 0.493. The molecule has 96 heavy (non-hydrogen) atoms. The fourth-order valence-electron chi connectivity index (χ4n) is 8.53. The maximum atomic E-state index is 13.3. The third-order valence-electron chi connectivity index (χ3n) is 11.8. The summed E-state index contributed by atoms with van der Waals surface area (Å²) in [6.45, 7) is 59.8. The van der Waals surface area contributed by atoms with Gasteiger partial charge in [-0.3, -0.25) is 19.2 Å². The van der Waals surface area contributed by atoms with E-state index in [1.54, 1.807) is 136 Å². The summed E-state index contributed by atoms with van der Waals surface area (Å²) in [6.07, 6.45) is 5.07. The predicted octanol–water partition coefficient (Wildman–Crippen LogP) is 15.1. The molecule has 0 aliphatic carbocycles. The van der Waals surface area contributed by atoms with E-state index in [-0.39, 0.29) is 23.1 Å². The van der Waals surface area contributed by atoms with Crippen molar-refractivity contribution >= 4 is 74.0 Å². The van der Waals surface area contributed by atoms with Crippen LogP contribution in [0.4, 0.5) is 0 Å². The van der Waals surface area contributed by atoms with Gasteiger partial charge in [0.15, 0.2) is 56.4 Å². The van der Waals surface area contributed by atoms with Crippen molar-refractivity contribution in [3.63, 3.8) is 0 Å². The molecule has 0 amide bonds. The van der Waals surface area contributed by atoms with E-state index in [1.807, 2.05) is 13.1 Å². The van der Waals surface area contributed by atoms with Crippen molar-refractivity contribution in [2.45, 2.75) is 157 Å². The van der Waals surface area contributed by atoms with Gasteiger partial charge in [-0.25, -0.2) is 0 Å². The van der Waals surface area contributed by atoms with Gasteiger partial charge in [-0.05, 0) is 230 Å². The van der Waals surface area contributed by atoms with Gasteiger partial charge in [0.05, 0.1) is 46.2 Å². The average Bonchev–Trinajstić information content (AvgIpc) is 0.798. The molecule has 0 spiro atoms. The van der Waals surface area contributed by atoms with Crippen LogP contribution in [-0.4, -0.2) is 174 Å². The van der Waals surface area contributed by atoms with E-state index < -0.39 is 67.7 Å². The Hall–Kier alpha value is -5.42. The normalized spacial score (nSPS) is 12.2. The van der Waals surface area contributed by atoms with Gasteiger partial charge in [0.2, 0.25) is 0 Å². The van der Waals surface area contributed by atoms with Gasteiger partial charge in [0.25, 0.3) is 0 Å². The van der Waals surface area contributed by atoms with Crippen LogP contribution >= 0.6 is 0 Å². The lowest BCUT2D eigenvalue weighted by Gasteiger charge is -2.41. The van der Waals surface area contributed by atoms with Gasteiger partial charge >= 0.3 is 17.6 Å². The van der Waals surface area contributed by atoms with E-state index in [1.165, 1.54) is 27.7 Å². The molecule has 0 heterocycles. The summed E-state index contributed by atoms with van der Waals surface area (Å²) in [5.41, 5.74) is -1.22. The molecule has 0 radical (unpaired) electrons. The molecule has 19 nitrogen and oxygen atoms in total. The number of ether oxygens (including phenoxy) is 7. The maximum absolute atomic E-state index is 13.3. The molecule has 2 N–H and O–H groups in total. The standard InChI is InChI=1S/C22H40O6Si3.C19H36O6Si3.C15H20O4.C15H18O3/c1-11-16-24-17-18-25-20-14-12-19(13-15-20)21(23)22(2,3)26-31(10,27-29(4,5)6)28-30(7,8)9;1-19(2,21)18(20)16-10-12-17(13-11-16)22-14-15-23-28(9,24-26(3,4)5)25-27(6,7)8;1-4-9-18-10-11-19-13-7-5-12(6-8-13)14(16)15(2,3)17;1-4-9-17-10-11-18-14-7-5-13(6-8-14)15(16)12(2)3/h11-15H,1,16-18H2,2-10H3;10-13,21H,14-15H2,1-9H3;4-8,17H,1,9-11H2,2-3H3;4-8H,1-2,9-11H2,3H3. The van der Waals surface area contributed by atoms with E-state index in [0.29, 0.717) is 118 Å². The summed E-state index contributed by atoms with van der Waals surface area (Å²) in [4.78, 5) is 48.7. The van der Waals surface area contributed by atoms with Crippen LogP contribution in [0.2, 0.25) is 91.7 Å². The summed E-state index contributed by atoms with van der Waals surface area (Å²) in [5, 5.41) is 19.4. The molecular weight excluding hydrogens is 1330 g/mol. The van der Waals surface area contributed by atoms with Crippen LogP contribution in [-0.2, 0) is 39.5 Å². The Labute approximate surface area is 580 Å². The van der Waals surface area contributed by atoms with E-state index >= 15 is 0 Å². The molecule has 0 aliphatic heterocycles. The van der Waals surface area contributed by atoms with E-state index in [0.717, 1.165) is 5.75 Å². The maximum Gasteiger partial charge on any atom is 0.477 e. The van der Waals surface area contributed by atoms with Crippen LogP contribution in [0.1, 0.15) is 89.9 Å². The molecule has 0 fully saturated rings. The number of carbonyl (C=O) groups is 4. The van der Waals surface area contributed by atoms with Crippen molar-refractivity contribution in [2.75, 3.05) is 72.7 Å².